The Balaban J connectivity index is 1.43. The molecule has 2 amide bonds. The summed E-state index contributed by atoms with van der Waals surface area (Å²) >= 11 is 0. The molecule has 0 aliphatic carbocycles. The Morgan fingerprint density at radius 3 is 2.64 bits per heavy atom. The molecule has 0 radical (unpaired) electrons. The average molecular weight is 457 g/mol. The van der Waals surface area contributed by atoms with Crippen LogP contribution in [0.15, 0.2) is 30.5 Å². The monoisotopic (exact) mass is 456 g/mol. The molecule has 2 aliphatic rings. The fourth-order valence-electron chi connectivity index (χ4n) is 4.31. The minimum Gasteiger partial charge on any atom is -0.447 e. The van der Waals surface area contributed by atoms with Gasteiger partial charge in [-0.1, -0.05) is 6.07 Å². The maximum Gasteiger partial charge on any atom is 0.414 e. The Bertz CT molecular complexity index is 1040. The quantitative estimate of drug-likeness (QED) is 0.665. The highest BCUT2D eigenvalue weighted by molar-refractivity contribution is 5.96. The summed E-state index contributed by atoms with van der Waals surface area (Å²) in [6.45, 7) is 9.08. The zero-order valence-electron chi connectivity index (χ0n) is 19.2. The first-order chi connectivity index (χ1) is 15.9. The zero-order valence-corrected chi connectivity index (χ0v) is 19.2. The Labute approximate surface area is 192 Å². The van der Waals surface area contributed by atoms with Crippen molar-refractivity contribution in [3.8, 4) is 0 Å². The summed E-state index contributed by atoms with van der Waals surface area (Å²) in [7, 11) is 0. The number of carbonyl (C=O) groups excluding carboxylic acids is 2. The summed E-state index contributed by atoms with van der Waals surface area (Å²) < 4.78 is 25.5. The van der Waals surface area contributed by atoms with Gasteiger partial charge in [-0.05, 0) is 50.1 Å². The summed E-state index contributed by atoms with van der Waals surface area (Å²) in [6, 6.07) is 6.00. The number of aromatic nitrogens is 1. The number of benzene rings is 1. The van der Waals surface area contributed by atoms with E-state index < -0.39 is 11.9 Å². The highest BCUT2D eigenvalue weighted by atomic mass is 19.1. The third-order valence-corrected chi connectivity index (χ3v) is 5.99. The van der Waals surface area contributed by atoms with Crippen LogP contribution >= 0.6 is 0 Å². The van der Waals surface area contributed by atoms with E-state index in [1.165, 1.54) is 17.0 Å². The van der Waals surface area contributed by atoms with Gasteiger partial charge in [0.05, 0.1) is 23.9 Å². The lowest BCUT2D eigenvalue weighted by atomic mass is 10.1. The predicted molar refractivity (Wildman–Crippen MR) is 122 cm³/mol. The van der Waals surface area contributed by atoms with Gasteiger partial charge >= 0.3 is 6.09 Å². The summed E-state index contributed by atoms with van der Waals surface area (Å²) in [5.74, 6) is -0.102. The van der Waals surface area contributed by atoms with Gasteiger partial charge in [0.1, 0.15) is 18.2 Å². The van der Waals surface area contributed by atoms with Crippen molar-refractivity contribution in [2.75, 3.05) is 55.8 Å². The molecule has 176 valence electrons. The fourth-order valence-corrected chi connectivity index (χ4v) is 4.31. The second kappa shape index (κ2) is 9.74. The van der Waals surface area contributed by atoms with Gasteiger partial charge in [0.2, 0.25) is 0 Å². The zero-order chi connectivity index (χ0) is 23.5. The molecule has 9 heteroatoms. The SMILES string of the molecule is CCOC[C@@H]1COC(=O)N1c1ccc(C(=O)N2CCN(c3ncc(C)cc3C)CC2)c(F)c1. The van der Waals surface area contributed by atoms with Crippen molar-refractivity contribution < 1.29 is 23.5 Å². The Morgan fingerprint density at radius 2 is 1.97 bits per heavy atom. The van der Waals surface area contributed by atoms with E-state index in [0.717, 1.165) is 16.9 Å². The third kappa shape index (κ3) is 4.78. The van der Waals surface area contributed by atoms with Gasteiger partial charge in [-0.2, -0.15) is 0 Å². The first-order valence-corrected chi connectivity index (χ1v) is 11.2. The lowest BCUT2D eigenvalue weighted by Gasteiger charge is -2.36. The van der Waals surface area contributed by atoms with Crippen LogP contribution in [0, 0.1) is 19.7 Å². The number of hydrogen-bond acceptors (Lipinski definition) is 6. The minimum absolute atomic E-state index is 0.00855. The van der Waals surface area contributed by atoms with Gasteiger partial charge in [0.25, 0.3) is 5.91 Å². The molecular weight excluding hydrogens is 427 g/mol. The molecule has 0 saturated carbocycles. The third-order valence-electron chi connectivity index (χ3n) is 5.99. The number of carbonyl (C=O) groups is 2. The first-order valence-electron chi connectivity index (χ1n) is 11.2. The molecule has 0 bridgehead atoms. The number of halogens is 1. The predicted octanol–water partition coefficient (Wildman–Crippen LogP) is 3.16. The van der Waals surface area contributed by atoms with E-state index in [-0.39, 0.29) is 24.1 Å². The number of amides is 2. The van der Waals surface area contributed by atoms with Crippen molar-refractivity contribution in [2.45, 2.75) is 26.8 Å². The highest BCUT2D eigenvalue weighted by Crippen LogP contribution is 2.27. The summed E-state index contributed by atoms with van der Waals surface area (Å²) in [5.41, 5.74) is 2.54. The minimum atomic E-state index is -0.661. The molecule has 0 unspecified atom stereocenters. The van der Waals surface area contributed by atoms with E-state index >= 15 is 0 Å². The van der Waals surface area contributed by atoms with Gasteiger partial charge < -0.3 is 19.3 Å². The number of cyclic esters (lactones) is 1. The molecule has 1 aromatic heterocycles. The molecule has 2 aliphatic heterocycles. The van der Waals surface area contributed by atoms with Gasteiger partial charge in [0.15, 0.2) is 0 Å². The van der Waals surface area contributed by atoms with Crippen LogP contribution < -0.4 is 9.80 Å². The van der Waals surface area contributed by atoms with Gasteiger partial charge in [0, 0.05) is 39.0 Å². The second-order valence-electron chi connectivity index (χ2n) is 8.36. The van der Waals surface area contributed by atoms with Gasteiger partial charge in [-0.15, -0.1) is 0 Å². The number of pyridine rings is 1. The molecular formula is C24H29FN4O4. The normalized spacial score (nSPS) is 18.6. The van der Waals surface area contributed by atoms with E-state index in [0.29, 0.717) is 45.1 Å². The van der Waals surface area contributed by atoms with Crippen molar-refractivity contribution in [1.82, 2.24) is 9.88 Å². The number of piperazine rings is 1. The van der Waals surface area contributed by atoms with Crippen LogP contribution in [0.5, 0.6) is 0 Å². The van der Waals surface area contributed by atoms with E-state index in [4.69, 9.17) is 9.47 Å². The smallest absolute Gasteiger partial charge is 0.414 e. The molecule has 4 rings (SSSR count). The Hall–Kier alpha value is -3.20. The molecule has 8 nitrogen and oxygen atoms in total. The molecule has 2 fully saturated rings. The van der Waals surface area contributed by atoms with Crippen LogP contribution in [0.25, 0.3) is 0 Å². The summed E-state index contributed by atoms with van der Waals surface area (Å²) in [6.07, 6.45) is 1.29. The van der Waals surface area contributed by atoms with E-state index in [9.17, 15) is 14.0 Å². The number of aryl methyl sites for hydroxylation is 2. The largest absolute Gasteiger partial charge is 0.447 e. The number of nitrogens with zero attached hydrogens (tertiary/aromatic N) is 4. The van der Waals surface area contributed by atoms with Crippen LogP contribution in [0.4, 0.5) is 20.7 Å². The molecule has 0 N–H and O–H groups in total. The second-order valence-corrected chi connectivity index (χ2v) is 8.36. The van der Waals surface area contributed by atoms with E-state index in [1.807, 2.05) is 27.0 Å². The van der Waals surface area contributed by atoms with Crippen LogP contribution in [-0.2, 0) is 9.47 Å². The van der Waals surface area contributed by atoms with Crippen molar-refractivity contribution in [3.63, 3.8) is 0 Å². The lowest BCUT2D eigenvalue weighted by Crippen LogP contribution is -2.49. The highest BCUT2D eigenvalue weighted by Gasteiger charge is 2.35. The first kappa shape index (κ1) is 23.0. The maximum atomic E-state index is 15.0. The lowest BCUT2D eigenvalue weighted by molar-refractivity contribution is 0.0741. The van der Waals surface area contributed by atoms with E-state index in [1.54, 1.807) is 11.0 Å². The number of hydrogen-bond donors (Lipinski definition) is 0. The maximum absolute atomic E-state index is 15.0. The van der Waals surface area contributed by atoms with Gasteiger partial charge in [-0.3, -0.25) is 9.69 Å². The van der Waals surface area contributed by atoms with Crippen molar-refractivity contribution in [3.05, 3.63) is 53.0 Å². The summed E-state index contributed by atoms with van der Waals surface area (Å²) in [4.78, 5) is 34.9. The Kier molecular flexibility index (Phi) is 6.78. The van der Waals surface area contributed by atoms with Crippen molar-refractivity contribution >= 4 is 23.5 Å². The van der Waals surface area contributed by atoms with Crippen molar-refractivity contribution in [2.24, 2.45) is 0 Å². The Morgan fingerprint density at radius 1 is 1.21 bits per heavy atom. The molecule has 1 atom stereocenters. The molecule has 1 aromatic carbocycles. The molecule has 2 saturated heterocycles. The summed E-state index contributed by atoms with van der Waals surface area (Å²) in [5, 5.41) is 0. The van der Waals surface area contributed by atoms with Crippen LogP contribution in [0.1, 0.15) is 28.4 Å². The fraction of sp³-hybridized carbons (Fsp3) is 0.458. The van der Waals surface area contributed by atoms with Crippen LogP contribution in [0.3, 0.4) is 0 Å². The molecule has 33 heavy (non-hydrogen) atoms. The molecule has 0 spiro atoms. The van der Waals surface area contributed by atoms with Crippen molar-refractivity contribution in [1.29, 1.82) is 0 Å². The van der Waals surface area contributed by atoms with E-state index in [2.05, 4.69) is 16.0 Å². The average Bonchev–Trinajstić information content (AvgIpc) is 3.17. The molecule has 2 aromatic rings. The topological polar surface area (TPSA) is 75.2 Å². The van der Waals surface area contributed by atoms with Crippen LogP contribution in [0.2, 0.25) is 0 Å². The number of rotatable bonds is 6. The van der Waals surface area contributed by atoms with Gasteiger partial charge in [-0.25, -0.2) is 14.2 Å². The molecule has 3 heterocycles. The number of ether oxygens (including phenoxy) is 2. The standard InChI is InChI=1S/C24H29FN4O4/c1-4-32-14-19-15-33-24(31)29(19)18-5-6-20(21(25)12-18)23(30)28-9-7-27(8-10-28)22-17(3)11-16(2)13-26-22/h5-6,11-13,19H,4,7-10,14-15H2,1-3H3/t19-/m1/s1. The van der Waals surface area contributed by atoms with Crippen LogP contribution in [-0.4, -0.2) is 73.9 Å². The number of anilines is 2.